The fourth-order valence-electron chi connectivity index (χ4n) is 5.75. The number of hydrogen-bond donors (Lipinski definition) is 1. The van der Waals surface area contributed by atoms with Gasteiger partial charge < -0.3 is 19.2 Å². The molecule has 3 aromatic carbocycles. The molecule has 0 aliphatic carbocycles. The summed E-state index contributed by atoms with van der Waals surface area (Å²) in [4.78, 5) is 21.9. The van der Waals surface area contributed by atoms with Crippen molar-refractivity contribution in [3.8, 4) is 5.75 Å². The summed E-state index contributed by atoms with van der Waals surface area (Å²) in [6, 6.07) is 21.9. The Morgan fingerprint density at radius 2 is 1.89 bits per heavy atom. The van der Waals surface area contributed by atoms with Crippen LogP contribution in [0.4, 0.5) is 0 Å². The fraction of sp³-hybridized carbons (Fsp3) is 0.286. The first-order valence-corrected chi connectivity index (χ1v) is 16.3. The predicted molar refractivity (Wildman–Crippen MR) is 182 cm³/mol. The highest BCUT2D eigenvalue weighted by Crippen LogP contribution is 2.48. The molecule has 1 aliphatic heterocycles. The van der Waals surface area contributed by atoms with E-state index in [-0.39, 0.29) is 0 Å². The summed E-state index contributed by atoms with van der Waals surface area (Å²) in [6.45, 7) is 6.96. The minimum atomic E-state index is -1.06. The van der Waals surface area contributed by atoms with Gasteiger partial charge in [0.2, 0.25) is 6.61 Å². The van der Waals surface area contributed by atoms with E-state index < -0.39 is 18.0 Å². The minimum Gasteiger partial charge on any atom is -0.487 e. The molecule has 45 heavy (non-hydrogen) atoms. The standard InChI is InChI=1S/C35H33Cl2N3O4S/c1-21-14-27-31(43-18-26-10-6-23-15-25(37)9-11-28(23)39-26)13-12-29-33(27)34(45-21)30(16-35(2,3)20-38-44-19-32(41)42)40(29)17-22-4-7-24(36)8-5-22/h4-13,15,20-21H,14,16-19H2,1-3H3,(H,41,42). The Balaban J connectivity index is 1.38. The highest BCUT2D eigenvalue weighted by atomic mass is 35.5. The van der Waals surface area contributed by atoms with Crippen LogP contribution >= 0.6 is 35.0 Å². The predicted octanol–water partition coefficient (Wildman–Crippen LogP) is 8.82. The highest BCUT2D eigenvalue weighted by Gasteiger charge is 2.31. The third-order valence-electron chi connectivity index (χ3n) is 7.79. The zero-order chi connectivity index (χ0) is 31.7. The molecule has 0 saturated heterocycles. The molecular weight excluding hydrogens is 629 g/mol. The number of benzene rings is 3. The monoisotopic (exact) mass is 661 g/mol. The summed E-state index contributed by atoms with van der Waals surface area (Å²) in [5.74, 6) is -0.193. The van der Waals surface area contributed by atoms with Gasteiger partial charge in [-0.25, -0.2) is 9.78 Å². The largest absolute Gasteiger partial charge is 0.487 e. The molecule has 0 saturated carbocycles. The van der Waals surface area contributed by atoms with Crippen molar-refractivity contribution in [2.45, 2.75) is 56.9 Å². The molecule has 1 atom stereocenters. The summed E-state index contributed by atoms with van der Waals surface area (Å²) < 4.78 is 8.88. The van der Waals surface area contributed by atoms with Crippen molar-refractivity contribution in [1.82, 2.24) is 9.55 Å². The molecular formula is C35H33Cl2N3O4S. The van der Waals surface area contributed by atoms with Gasteiger partial charge in [0.1, 0.15) is 12.4 Å². The maximum atomic E-state index is 10.9. The lowest BCUT2D eigenvalue weighted by atomic mass is 9.89. The molecule has 1 N–H and O–H groups in total. The normalized spacial score (nSPS) is 14.8. The summed E-state index contributed by atoms with van der Waals surface area (Å²) in [5, 5.41) is 16.8. The Morgan fingerprint density at radius 3 is 2.67 bits per heavy atom. The average Bonchev–Trinajstić information content (AvgIpc) is 3.27. The fourth-order valence-corrected chi connectivity index (χ4v) is 7.37. The van der Waals surface area contributed by atoms with Gasteiger partial charge in [0.15, 0.2) is 0 Å². The minimum absolute atomic E-state index is 0.342. The van der Waals surface area contributed by atoms with Gasteiger partial charge in [0.05, 0.1) is 16.7 Å². The number of rotatable bonds is 11. The first-order chi connectivity index (χ1) is 21.6. The van der Waals surface area contributed by atoms with E-state index >= 15 is 0 Å². The van der Waals surface area contributed by atoms with Crippen molar-refractivity contribution < 1.29 is 19.5 Å². The molecule has 5 aromatic rings. The van der Waals surface area contributed by atoms with Crippen LogP contribution in [-0.2, 0) is 35.6 Å². The zero-order valence-corrected chi connectivity index (χ0v) is 27.5. The van der Waals surface area contributed by atoms with Gasteiger partial charge >= 0.3 is 5.97 Å². The molecule has 10 heteroatoms. The van der Waals surface area contributed by atoms with Crippen LogP contribution in [0.3, 0.4) is 0 Å². The Bertz CT molecular complexity index is 1920. The summed E-state index contributed by atoms with van der Waals surface area (Å²) in [6.07, 6.45) is 3.25. The van der Waals surface area contributed by atoms with Crippen molar-refractivity contribution in [3.05, 3.63) is 99.3 Å². The van der Waals surface area contributed by atoms with Crippen molar-refractivity contribution in [2.24, 2.45) is 10.6 Å². The number of halogens is 2. The third-order valence-corrected chi connectivity index (χ3v) is 9.52. The zero-order valence-electron chi connectivity index (χ0n) is 25.2. The Labute approximate surface area is 276 Å². The van der Waals surface area contributed by atoms with E-state index in [4.69, 9.17) is 42.9 Å². The number of fused-ring (bicyclic) bond motifs is 1. The SMILES string of the molecule is CC1Cc2c(OCc3ccc4cc(Cl)ccc4n3)ccc3c2c(c(CC(C)(C)C=NOCC(=O)O)n3Cc2ccc(Cl)cc2)S1. The number of hydrogen-bond acceptors (Lipinski definition) is 6. The molecule has 0 fully saturated rings. The summed E-state index contributed by atoms with van der Waals surface area (Å²) >= 11 is 14.3. The van der Waals surface area contributed by atoms with Crippen molar-refractivity contribution in [1.29, 1.82) is 0 Å². The Kier molecular flexibility index (Phi) is 9.00. The number of aliphatic carboxylic acids is 1. The smallest absolute Gasteiger partial charge is 0.344 e. The number of nitrogens with zero attached hydrogens (tertiary/aromatic N) is 3. The number of thioether (sulfide) groups is 1. The number of aromatic nitrogens is 2. The van der Waals surface area contributed by atoms with Crippen molar-refractivity contribution >= 4 is 69.0 Å². The molecule has 232 valence electrons. The first-order valence-electron chi connectivity index (χ1n) is 14.7. The van der Waals surface area contributed by atoms with E-state index in [2.05, 4.69) is 54.8 Å². The molecule has 2 aromatic heterocycles. The van der Waals surface area contributed by atoms with Crippen LogP contribution in [0.1, 0.15) is 43.3 Å². The van der Waals surface area contributed by atoms with Crippen LogP contribution in [0.25, 0.3) is 21.8 Å². The second kappa shape index (κ2) is 12.9. The number of oxime groups is 1. The summed E-state index contributed by atoms with van der Waals surface area (Å²) in [7, 11) is 0. The third kappa shape index (κ3) is 7.08. The van der Waals surface area contributed by atoms with Gasteiger partial charge in [-0.15, -0.1) is 11.8 Å². The maximum Gasteiger partial charge on any atom is 0.344 e. The van der Waals surface area contributed by atoms with E-state index in [1.165, 1.54) is 21.5 Å². The summed E-state index contributed by atoms with van der Waals surface area (Å²) in [5.41, 5.74) is 6.01. The highest BCUT2D eigenvalue weighted by molar-refractivity contribution is 8.00. The molecule has 1 aliphatic rings. The van der Waals surface area contributed by atoms with Gasteiger partial charge in [0, 0.05) is 60.4 Å². The van der Waals surface area contributed by atoms with Crippen LogP contribution in [0.5, 0.6) is 5.75 Å². The lowest BCUT2D eigenvalue weighted by molar-refractivity contribution is -0.142. The first kappa shape index (κ1) is 31.3. The quantitative estimate of drug-likeness (QED) is 0.112. The van der Waals surface area contributed by atoms with E-state index in [9.17, 15) is 4.79 Å². The van der Waals surface area contributed by atoms with E-state index in [0.29, 0.717) is 34.9 Å². The van der Waals surface area contributed by atoms with E-state index in [1.54, 1.807) is 6.21 Å². The maximum absolute atomic E-state index is 10.9. The second-order valence-corrected chi connectivity index (χ2v) is 14.4. The number of pyridine rings is 1. The molecule has 7 nitrogen and oxygen atoms in total. The number of ether oxygens (including phenoxy) is 1. The van der Waals surface area contributed by atoms with E-state index in [0.717, 1.165) is 39.8 Å². The van der Waals surface area contributed by atoms with Gasteiger partial charge in [-0.05, 0) is 66.9 Å². The van der Waals surface area contributed by atoms with Gasteiger partial charge in [-0.1, -0.05) is 67.3 Å². The Morgan fingerprint density at radius 1 is 1.11 bits per heavy atom. The van der Waals surface area contributed by atoms with Crippen LogP contribution in [0.15, 0.2) is 76.8 Å². The molecule has 6 rings (SSSR count). The van der Waals surface area contributed by atoms with Crippen LogP contribution in [0, 0.1) is 5.41 Å². The van der Waals surface area contributed by atoms with Crippen molar-refractivity contribution in [3.63, 3.8) is 0 Å². The van der Waals surface area contributed by atoms with E-state index in [1.807, 2.05) is 54.2 Å². The lowest BCUT2D eigenvalue weighted by Crippen LogP contribution is -2.21. The number of carboxylic acids is 1. The molecule has 0 bridgehead atoms. The average molecular weight is 663 g/mol. The molecule has 3 heterocycles. The number of carbonyl (C=O) groups is 1. The lowest BCUT2D eigenvalue weighted by Gasteiger charge is -2.24. The van der Waals surface area contributed by atoms with Gasteiger partial charge in [0.25, 0.3) is 0 Å². The van der Waals surface area contributed by atoms with Gasteiger partial charge in [-0.2, -0.15) is 0 Å². The second-order valence-electron chi connectivity index (χ2n) is 12.1. The van der Waals surface area contributed by atoms with Crippen LogP contribution in [-0.4, -0.2) is 38.7 Å². The molecule has 0 amide bonds. The van der Waals surface area contributed by atoms with Gasteiger partial charge in [-0.3, -0.25) is 0 Å². The van der Waals surface area contributed by atoms with Crippen LogP contribution < -0.4 is 4.74 Å². The Hall–Kier alpha value is -3.72. The molecule has 0 radical (unpaired) electrons. The topological polar surface area (TPSA) is 85.9 Å². The van der Waals surface area contributed by atoms with Crippen molar-refractivity contribution in [2.75, 3.05) is 6.61 Å². The molecule has 0 spiro atoms. The number of carboxylic acid groups (broad SMARTS) is 1. The van der Waals surface area contributed by atoms with Crippen LogP contribution in [0.2, 0.25) is 10.0 Å². The molecule has 1 unspecified atom stereocenters.